The number of nitrogens with zero attached hydrogens (tertiary/aromatic N) is 4. The number of sulfonamides is 1. The third-order valence-electron chi connectivity index (χ3n) is 5.93. The SMILES string of the molecule is Cc1cc2ccccc2n1CC(=O)N1CCN(S(=O)(=O)c2c[nH]c3ncccc23)CC1. The molecule has 1 amide bonds. The minimum absolute atomic E-state index is 0.00204. The lowest BCUT2D eigenvalue weighted by molar-refractivity contribution is -0.132. The molecule has 1 saturated heterocycles. The molecule has 3 aromatic heterocycles. The fourth-order valence-electron chi connectivity index (χ4n) is 4.25. The first-order valence-electron chi connectivity index (χ1n) is 10.2. The van der Waals surface area contributed by atoms with E-state index in [2.05, 4.69) is 16.0 Å². The standard InChI is InChI=1S/C22H23N5O3S/c1-16-13-17-5-2-3-7-19(17)27(16)15-21(28)25-9-11-26(12-10-25)31(29,30)20-14-24-22-18(20)6-4-8-23-22/h2-8,13-14H,9-12,15H2,1H3,(H,23,24). The highest BCUT2D eigenvalue weighted by atomic mass is 32.2. The second-order valence-corrected chi connectivity index (χ2v) is 9.67. The molecule has 0 radical (unpaired) electrons. The molecule has 0 saturated carbocycles. The van der Waals surface area contributed by atoms with E-state index < -0.39 is 10.0 Å². The number of aryl methyl sites for hydroxylation is 1. The van der Waals surface area contributed by atoms with E-state index in [1.165, 1.54) is 10.5 Å². The first-order valence-corrected chi connectivity index (χ1v) is 11.6. The van der Waals surface area contributed by atoms with Gasteiger partial charge in [0.15, 0.2) is 0 Å². The zero-order chi connectivity index (χ0) is 21.6. The quantitative estimate of drug-likeness (QED) is 0.531. The maximum absolute atomic E-state index is 13.2. The Morgan fingerprint density at radius 2 is 1.87 bits per heavy atom. The van der Waals surface area contributed by atoms with Crippen LogP contribution in [0.15, 0.2) is 59.8 Å². The van der Waals surface area contributed by atoms with Gasteiger partial charge >= 0.3 is 0 Å². The summed E-state index contributed by atoms with van der Waals surface area (Å²) < 4.78 is 29.8. The molecular formula is C22H23N5O3S. The molecule has 4 heterocycles. The van der Waals surface area contributed by atoms with E-state index in [0.717, 1.165) is 16.6 Å². The van der Waals surface area contributed by atoms with Gasteiger partial charge in [-0.2, -0.15) is 4.31 Å². The smallest absolute Gasteiger partial charge is 0.245 e. The van der Waals surface area contributed by atoms with Gasteiger partial charge in [-0.15, -0.1) is 0 Å². The number of hydrogen-bond acceptors (Lipinski definition) is 4. The second kappa shape index (κ2) is 7.51. The summed E-state index contributed by atoms with van der Waals surface area (Å²) in [7, 11) is -3.66. The van der Waals surface area contributed by atoms with Crippen molar-refractivity contribution in [3.05, 3.63) is 60.6 Å². The van der Waals surface area contributed by atoms with Gasteiger partial charge < -0.3 is 14.5 Å². The van der Waals surface area contributed by atoms with Crippen molar-refractivity contribution >= 4 is 37.9 Å². The zero-order valence-corrected chi connectivity index (χ0v) is 18.0. The minimum atomic E-state index is -3.66. The van der Waals surface area contributed by atoms with Crippen LogP contribution < -0.4 is 0 Å². The summed E-state index contributed by atoms with van der Waals surface area (Å²) in [6.07, 6.45) is 3.11. The Morgan fingerprint density at radius 1 is 1.10 bits per heavy atom. The van der Waals surface area contributed by atoms with E-state index in [4.69, 9.17) is 0 Å². The maximum Gasteiger partial charge on any atom is 0.245 e. The molecule has 160 valence electrons. The number of aromatic nitrogens is 3. The van der Waals surface area contributed by atoms with Gasteiger partial charge in [0.2, 0.25) is 15.9 Å². The number of piperazine rings is 1. The Morgan fingerprint density at radius 3 is 2.68 bits per heavy atom. The third kappa shape index (κ3) is 3.39. The Labute approximate surface area is 180 Å². The van der Waals surface area contributed by atoms with Crippen LogP contribution in [-0.4, -0.2) is 64.2 Å². The lowest BCUT2D eigenvalue weighted by Gasteiger charge is -2.34. The largest absolute Gasteiger partial charge is 0.345 e. The van der Waals surface area contributed by atoms with E-state index in [-0.39, 0.29) is 30.4 Å². The van der Waals surface area contributed by atoms with Crippen LogP contribution in [0.25, 0.3) is 21.9 Å². The summed E-state index contributed by atoms with van der Waals surface area (Å²) in [4.78, 5) is 22.0. The zero-order valence-electron chi connectivity index (χ0n) is 17.2. The molecule has 4 aromatic rings. The maximum atomic E-state index is 13.2. The summed E-state index contributed by atoms with van der Waals surface area (Å²) in [6, 6.07) is 13.5. The summed E-state index contributed by atoms with van der Waals surface area (Å²) in [6.45, 7) is 3.53. The Balaban J connectivity index is 1.30. The number of aromatic amines is 1. The van der Waals surface area contributed by atoms with Crippen LogP contribution in [0.3, 0.4) is 0 Å². The number of pyridine rings is 1. The number of hydrogen-bond donors (Lipinski definition) is 1. The summed E-state index contributed by atoms with van der Waals surface area (Å²) >= 11 is 0. The van der Waals surface area contributed by atoms with Crippen molar-refractivity contribution in [1.29, 1.82) is 0 Å². The lowest BCUT2D eigenvalue weighted by Crippen LogP contribution is -2.51. The summed E-state index contributed by atoms with van der Waals surface area (Å²) in [5.41, 5.74) is 2.61. The van der Waals surface area contributed by atoms with Crippen molar-refractivity contribution in [1.82, 2.24) is 23.7 Å². The molecule has 1 N–H and O–H groups in total. The van der Waals surface area contributed by atoms with Crippen molar-refractivity contribution in [3.8, 4) is 0 Å². The average Bonchev–Trinajstić information content (AvgIpc) is 3.35. The molecule has 0 bridgehead atoms. The monoisotopic (exact) mass is 437 g/mol. The van der Waals surface area contributed by atoms with Gasteiger partial charge in [-0.05, 0) is 36.6 Å². The van der Waals surface area contributed by atoms with Crippen LogP contribution in [0.4, 0.5) is 0 Å². The summed E-state index contributed by atoms with van der Waals surface area (Å²) in [5, 5.41) is 1.69. The van der Waals surface area contributed by atoms with Crippen LogP contribution in [0, 0.1) is 6.92 Å². The van der Waals surface area contributed by atoms with E-state index in [1.807, 2.05) is 35.8 Å². The average molecular weight is 438 g/mol. The van der Waals surface area contributed by atoms with Crippen LogP contribution in [0.2, 0.25) is 0 Å². The van der Waals surface area contributed by atoms with Crippen LogP contribution in [-0.2, 0) is 21.4 Å². The molecule has 1 aliphatic heterocycles. The highest BCUT2D eigenvalue weighted by Crippen LogP contribution is 2.25. The number of fused-ring (bicyclic) bond motifs is 2. The van der Waals surface area contributed by atoms with Crippen LogP contribution >= 0.6 is 0 Å². The van der Waals surface area contributed by atoms with Crippen molar-refractivity contribution in [3.63, 3.8) is 0 Å². The number of H-pyrrole nitrogens is 1. The molecule has 1 aromatic carbocycles. The summed E-state index contributed by atoms with van der Waals surface area (Å²) in [5.74, 6) is -0.00204. The normalized spacial score (nSPS) is 15.7. The number of rotatable bonds is 4. The number of amides is 1. The number of carbonyl (C=O) groups excluding carboxylic acids is 1. The Bertz CT molecular complexity index is 1380. The van der Waals surface area contributed by atoms with Gasteiger partial charge in [0, 0.05) is 55.2 Å². The second-order valence-electron chi connectivity index (χ2n) is 7.77. The fourth-order valence-corrected chi connectivity index (χ4v) is 5.83. The molecule has 1 aliphatic rings. The number of nitrogens with one attached hydrogen (secondary N) is 1. The van der Waals surface area contributed by atoms with Crippen LogP contribution in [0.5, 0.6) is 0 Å². The third-order valence-corrected chi connectivity index (χ3v) is 7.87. The van der Waals surface area contributed by atoms with Crippen molar-refractivity contribution < 1.29 is 13.2 Å². The molecule has 0 atom stereocenters. The molecule has 1 fully saturated rings. The molecule has 0 unspecified atom stereocenters. The van der Waals surface area contributed by atoms with E-state index in [1.54, 1.807) is 23.2 Å². The first-order chi connectivity index (χ1) is 14.9. The Hall–Kier alpha value is -3.17. The molecule has 0 aliphatic carbocycles. The van der Waals surface area contributed by atoms with E-state index in [0.29, 0.717) is 24.1 Å². The van der Waals surface area contributed by atoms with Gasteiger partial charge in [0.1, 0.15) is 17.1 Å². The number of para-hydroxylation sites is 1. The molecule has 5 rings (SSSR count). The van der Waals surface area contributed by atoms with Gasteiger partial charge in [-0.3, -0.25) is 4.79 Å². The van der Waals surface area contributed by atoms with Crippen molar-refractivity contribution in [2.24, 2.45) is 0 Å². The predicted octanol–water partition coefficient (Wildman–Crippen LogP) is 2.36. The Kier molecular flexibility index (Phi) is 4.79. The highest BCUT2D eigenvalue weighted by Gasteiger charge is 2.32. The minimum Gasteiger partial charge on any atom is -0.345 e. The predicted molar refractivity (Wildman–Crippen MR) is 118 cm³/mol. The molecule has 0 spiro atoms. The first kappa shape index (κ1) is 19.8. The van der Waals surface area contributed by atoms with Gasteiger partial charge in [-0.25, -0.2) is 13.4 Å². The molecule has 31 heavy (non-hydrogen) atoms. The van der Waals surface area contributed by atoms with Gasteiger partial charge in [0.25, 0.3) is 0 Å². The van der Waals surface area contributed by atoms with Crippen LogP contribution in [0.1, 0.15) is 5.69 Å². The van der Waals surface area contributed by atoms with Crippen molar-refractivity contribution in [2.45, 2.75) is 18.4 Å². The molecular weight excluding hydrogens is 414 g/mol. The topological polar surface area (TPSA) is 91.3 Å². The number of benzene rings is 1. The van der Waals surface area contributed by atoms with Gasteiger partial charge in [0.05, 0.1) is 0 Å². The fraction of sp³-hybridized carbons (Fsp3) is 0.273. The molecule has 9 heteroatoms. The van der Waals surface area contributed by atoms with E-state index >= 15 is 0 Å². The highest BCUT2D eigenvalue weighted by molar-refractivity contribution is 7.89. The van der Waals surface area contributed by atoms with E-state index in [9.17, 15) is 13.2 Å². The van der Waals surface area contributed by atoms with Crippen molar-refractivity contribution in [2.75, 3.05) is 26.2 Å². The van der Waals surface area contributed by atoms with Gasteiger partial charge in [-0.1, -0.05) is 18.2 Å². The molecule has 8 nitrogen and oxygen atoms in total. The lowest BCUT2D eigenvalue weighted by atomic mass is 10.2. The number of carbonyl (C=O) groups is 1.